The average molecular weight is 297 g/mol. The Morgan fingerprint density at radius 3 is 2.55 bits per heavy atom. The molecule has 0 bridgehead atoms. The van der Waals surface area contributed by atoms with E-state index in [4.69, 9.17) is 10.5 Å². The Balaban J connectivity index is 2.08. The highest BCUT2D eigenvalue weighted by molar-refractivity contribution is 5.78. The van der Waals surface area contributed by atoms with Gasteiger partial charge < -0.3 is 20.1 Å². The quantitative estimate of drug-likeness (QED) is 0.759. The predicted octanol–water partition coefficient (Wildman–Crippen LogP) is 2.54. The number of nitrogens with two attached hydrogens (primary N) is 1. The van der Waals surface area contributed by atoms with Crippen molar-refractivity contribution >= 4 is 17.0 Å². The molecule has 0 aliphatic carbocycles. The highest BCUT2D eigenvalue weighted by atomic mass is 16.5. The highest BCUT2D eigenvalue weighted by Crippen LogP contribution is 2.32. The van der Waals surface area contributed by atoms with Crippen LogP contribution in [0.1, 0.15) is 17.7 Å². The Bertz CT molecular complexity index is 755. The molecule has 114 valence electrons. The highest BCUT2D eigenvalue weighted by Gasteiger charge is 2.26. The Morgan fingerprint density at radius 2 is 1.82 bits per heavy atom. The molecule has 0 fully saturated rings. The number of aromatic nitrogens is 2. The van der Waals surface area contributed by atoms with Gasteiger partial charge in [0.25, 0.3) is 0 Å². The largest absolute Gasteiger partial charge is 0.386 e. The van der Waals surface area contributed by atoms with Crippen LogP contribution in [0.4, 0.5) is 5.95 Å². The molecule has 0 spiro atoms. The van der Waals surface area contributed by atoms with Gasteiger partial charge in [-0.05, 0) is 17.7 Å². The van der Waals surface area contributed by atoms with Gasteiger partial charge in [-0.15, -0.1) is 0 Å². The molecule has 0 aliphatic heterocycles. The second-order valence-electron chi connectivity index (χ2n) is 5.21. The molecule has 5 heteroatoms. The van der Waals surface area contributed by atoms with Crippen LogP contribution in [0.25, 0.3) is 11.0 Å². The van der Waals surface area contributed by atoms with Crippen LogP contribution >= 0.6 is 0 Å². The molecule has 0 saturated carbocycles. The number of para-hydroxylation sites is 2. The summed E-state index contributed by atoms with van der Waals surface area (Å²) in [5.74, 6) is 0.373. The van der Waals surface area contributed by atoms with Gasteiger partial charge in [-0.3, -0.25) is 0 Å². The number of hydrogen-bond acceptors (Lipinski definition) is 4. The fourth-order valence-electron chi connectivity index (χ4n) is 2.76. The van der Waals surface area contributed by atoms with Gasteiger partial charge in [0.1, 0.15) is 6.10 Å². The van der Waals surface area contributed by atoms with Crippen LogP contribution in [0.5, 0.6) is 0 Å². The van der Waals surface area contributed by atoms with E-state index >= 15 is 0 Å². The van der Waals surface area contributed by atoms with Crippen LogP contribution in [-0.4, -0.2) is 28.4 Å². The van der Waals surface area contributed by atoms with Gasteiger partial charge in [0, 0.05) is 7.11 Å². The van der Waals surface area contributed by atoms with Crippen LogP contribution < -0.4 is 5.73 Å². The molecule has 5 nitrogen and oxygen atoms in total. The van der Waals surface area contributed by atoms with Crippen LogP contribution in [-0.2, 0) is 4.74 Å². The van der Waals surface area contributed by atoms with Gasteiger partial charge >= 0.3 is 0 Å². The van der Waals surface area contributed by atoms with Gasteiger partial charge in [0.05, 0.1) is 23.7 Å². The smallest absolute Gasteiger partial charge is 0.201 e. The molecule has 0 radical (unpaired) electrons. The first-order chi connectivity index (χ1) is 10.7. The zero-order valence-electron chi connectivity index (χ0n) is 12.4. The zero-order chi connectivity index (χ0) is 15.5. The maximum absolute atomic E-state index is 10.8. The normalized spacial score (nSPS) is 14.1. The van der Waals surface area contributed by atoms with E-state index in [9.17, 15) is 5.11 Å². The van der Waals surface area contributed by atoms with Gasteiger partial charge in [0.2, 0.25) is 5.95 Å². The average Bonchev–Trinajstić information content (AvgIpc) is 2.88. The minimum atomic E-state index is -0.735. The summed E-state index contributed by atoms with van der Waals surface area (Å²) in [4.78, 5) is 4.37. The number of aliphatic hydroxyl groups excluding tert-OH is 1. The predicted molar refractivity (Wildman–Crippen MR) is 86.5 cm³/mol. The monoisotopic (exact) mass is 297 g/mol. The fourth-order valence-corrected chi connectivity index (χ4v) is 2.76. The van der Waals surface area contributed by atoms with Crippen LogP contribution in [0.2, 0.25) is 0 Å². The van der Waals surface area contributed by atoms with Crippen molar-refractivity contribution in [1.82, 2.24) is 9.55 Å². The van der Waals surface area contributed by atoms with E-state index in [0.29, 0.717) is 12.6 Å². The summed E-state index contributed by atoms with van der Waals surface area (Å²) in [5, 5.41) is 10.8. The number of aliphatic hydroxyl groups is 1. The summed E-state index contributed by atoms with van der Waals surface area (Å²) in [7, 11) is 1.61. The van der Waals surface area contributed by atoms with Gasteiger partial charge in [-0.2, -0.15) is 0 Å². The van der Waals surface area contributed by atoms with E-state index in [-0.39, 0.29) is 6.04 Å². The molecule has 0 unspecified atom stereocenters. The number of nitrogen functional groups attached to an aromatic ring is 1. The lowest BCUT2D eigenvalue weighted by Gasteiger charge is -2.25. The molecule has 0 aliphatic rings. The standard InChI is InChI=1S/C17H19N3O2/c1-22-11-15(16(21)12-7-3-2-4-8-12)20-14-10-6-5-9-13(14)19-17(20)18/h2-10,15-16,21H,11H2,1H3,(H2,18,19)/t15-,16-/m1/s1. The molecule has 2 atom stereocenters. The number of methoxy groups -OCH3 is 1. The van der Waals surface area contributed by atoms with Crippen LogP contribution in [0.3, 0.4) is 0 Å². The third-order valence-electron chi connectivity index (χ3n) is 3.80. The van der Waals surface area contributed by atoms with Crippen molar-refractivity contribution in [2.45, 2.75) is 12.1 Å². The molecule has 1 heterocycles. The first-order valence-corrected chi connectivity index (χ1v) is 7.16. The maximum atomic E-state index is 10.8. The van der Waals surface area contributed by atoms with E-state index in [2.05, 4.69) is 4.98 Å². The summed E-state index contributed by atoms with van der Waals surface area (Å²) in [6.45, 7) is 0.334. The van der Waals surface area contributed by atoms with Crippen LogP contribution in [0.15, 0.2) is 54.6 Å². The zero-order valence-corrected chi connectivity index (χ0v) is 12.4. The molecule has 22 heavy (non-hydrogen) atoms. The Labute approximate surface area is 129 Å². The lowest BCUT2D eigenvalue weighted by molar-refractivity contribution is 0.0562. The number of imidazole rings is 1. The number of nitrogens with zero attached hydrogens (tertiary/aromatic N) is 2. The lowest BCUT2D eigenvalue weighted by atomic mass is 10.0. The molecule has 3 rings (SSSR count). The van der Waals surface area contributed by atoms with Crippen molar-refractivity contribution in [3.8, 4) is 0 Å². The lowest BCUT2D eigenvalue weighted by Crippen LogP contribution is -2.23. The fraction of sp³-hybridized carbons (Fsp3) is 0.235. The number of hydrogen-bond donors (Lipinski definition) is 2. The third-order valence-corrected chi connectivity index (χ3v) is 3.80. The summed E-state index contributed by atoms with van der Waals surface area (Å²) in [6.07, 6.45) is -0.735. The molecular weight excluding hydrogens is 278 g/mol. The molecule has 3 aromatic rings. The molecule has 0 saturated heterocycles. The Morgan fingerprint density at radius 1 is 1.14 bits per heavy atom. The number of ether oxygens (including phenoxy) is 1. The summed E-state index contributed by atoms with van der Waals surface area (Å²) in [5.41, 5.74) is 8.60. The van der Waals surface area contributed by atoms with Gasteiger partial charge in [0.15, 0.2) is 0 Å². The number of anilines is 1. The van der Waals surface area contributed by atoms with Crippen molar-refractivity contribution < 1.29 is 9.84 Å². The van der Waals surface area contributed by atoms with Crippen molar-refractivity contribution in [1.29, 1.82) is 0 Å². The number of fused-ring (bicyclic) bond motifs is 1. The van der Waals surface area contributed by atoms with E-state index in [0.717, 1.165) is 16.6 Å². The molecular formula is C17H19N3O2. The van der Waals surface area contributed by atoms with E-state index in [1.165, 1.54) is 0 Å². The van der Waals surface area contributed by atoms with E-state index in [1.807, 2.05) is 59.2 Å². The summed E-state index contributed by atoms with van der Waals surface area (Å²) >= 11 is 0. The molecule has 0 amide bonds. The molecule has 2 aromatic carbocycles. The van der Waals surface area contributed by atoms with Crippen molar-refractivity contribution in [2.24, 2.45) is 0 Å². The van der Waals surface area contributed by atoms with Crippen LogP contribution in [0, 0.1) is 0 Å². The SMILES string of the molecule is COC[C@H]([C@H](O)c1ccccc1)n1c(N)nc2ccccc21. The second kappa shape index (κ2) is 6.17. The second-order valence-corrected chi connectivity index (χ2v) is 5.21. The topological polar surface area (TPSA) is 73.3 Å². The van der Waals surface area contributed by atoms with E-state index in [1.54, 1.807) is 7.11 Å². The first kappa shape index (κ1) is 14.6. The first-order valence-electron chi connectivity index (χ1n) is 7.16. The minimum Gasteiger partial charge on any atom is -0.386 e. The molecule has 1 aromatic heterocycles. The minimum absolute atomic E-state index is 0.334. The number of benzene rings is 2. The summed E-state index contributed by atoms with van der Waals surface area (Å²) in [6, 6.07) is 16.8. The maximum Gasteiger partial charge on any atom is 0.201 e. The Kier molecular flexibility index (Phi) is 4.09. The molecule has 3 N–H and O–H groups in total. The van der Waals surface area contributed by atoms with Gasteiger partial charge in [-0.1, -0.05) is 42.5 Å². The van der Waals surface area contributed by atoms with E-state index < -0.39 is 6.10 Å². The van der Waals surface area contributed by atoms with Crippen molar-refractivity contribution in [3.63, 3.8) is 0 Å². The third kappa shape index (κ3) is 2.56. The Hall–Kier alpha value is -2.37. The van der Waals surface area contributed by atoms with Gasteiger partial charge in [-0.25, -0.2) is 4.98 Å². The van der Waals surface area contributed by atoms with Crippen molar-refractivity contribution in [2.75, 3.05) is 19.5 Å². The summed E-state index contributed by atoms with van der Waals surface area (Å²) < 4.78 is 7.15. The number of rotatable bonds is 5. The van der Waals surface area contributed by atoms with Crippen molar-refractivity contribution in [3.05, 3.63) is 60.2 Å².